The second-order valence-corrected chi connectivity index (χ2v) is 2.85. The van der Waals surface area contributed by atoms with Crippen LogP contribution in [0.2, 0.25) is 0 Å². The number of rotatable bonds is 2. The molecule has 60 valence electrons. The fraction of sp³-hybridized carbons (Fsp3) is 0.125. The Kier molecular flexibility index (Phi) is 5.66. The summed E-state index contributed by atoms with van der Waals surface area (Å²) in [6, 6.07) is 6.96. The van der Waals surface area contributed by atoms with Crippen molar-refractivity contribution in [2.24, 2.45) is 0 Å². The Morgan fingerprint density at radius 1 is 1.42 bits per heavy atom. The van der Waals surface area contributed by atoms with E-state index >= 15 is 0 Å². The van der Waals surface area contributed by atoms with Crippen molar-refractivity contribution in [3.8, 4) is 0 Å². The molecular formula is C8H9NaO2S. The summed E-state index contributed by atoms with van der Waals surface area (Å²) in [5, 5.41) is 8.68. The van der Waals surface area contributed by atoms with Crippen molar-refractivity contribution in [1.82, 2.24) is 0 Å². The molecule has 0 aliphatic carbocycles. The van der Waals surface area contributed by atoms with E-state index in [-0.39, 0.29) is 29.6 Å². The number of thioether (sulfide) groups is 1. The Labute approximate surface area is 97.7 Å². The summed E-state index contributed by atoms with van der Waals surface area (Å²) < 4.78 is 0. The van der Waals surface area contributed by atoms with Crippen LogP contribution in [0.4, 0.5) is 0 Å². The molecule has 0 saturated carbocycles. The number of hydrogen-bond acceptors (Lipinski definition) is 2. The summed E-state index contributed by atoms with van der Waals surface area (Å²) in [4.78, 5) is 11.4. The molecule has 0 radical (unpaired) electrons. The SMILES string of the molecule is CSc1ccccc1C(=O)O.[NaH]. The van der Waals surface area contributed by atoms with E-state index in [4.69, 9.17) is 5.11 Å². The third kappa shape index (κ3) is 2.83. The molecule has 1 aromatic carbocycles. The molecule has 4 heteroatoms. The Morgan fingerprint density at radius 2 is 2.00 bits per heavy atom. The molecule has 0 saturated heterocycles. The fourth-order valence-corrected chi connectivity index (χ4v) is 1.41. The molecule has 0 bridgehead atoms. The molecule has 0 aliphatic rings. The standard InChI is InChI=1S/C8H8O2S.Na.H/c1-11-7-5-3-2-4-6(7)8(9)10;;/h2-5H,1H3,(H,9,10);;. The Balaban J connectivity index is 0.00000121. The van der Waals surface area contributed by atoms with E-state index in [0.717, 1.165) is 4.90 Å². The van der Waals surface area contributed by atoms with Crippen LogP contribution in [-0.2, 0) is 0 Å². The van der Waals surface area contributed by atoms with Crippen molar-refractivity contribution in [3.63, 3.8) is 0 Å². The molecule has 1 N–H and O–H groups in total. The van der Waals surface area contributed by atoms with Gasteiger partial charge in [0.25, 0.3) is 0 Å². The van der Waals surface area contributed by atoms with Gasteiger partial charge >= 0.3 is 35.5 Å². The van der Waals surface area contributed by atoms with Crippen molar-refractivity contribution in [2.75, 3.05) is 6.26 Å². The van der Waals surface area contributed by atoms with Crippen molar-refractivity contribution < 1.29 is 9.90 Å². The molecular weight excluding hydrogens is 183 g/mol. The number of benzene rings is 1. The number of carboxylic acid groups (broad SMARTS) is 1. The van der Waals surface area contributed by atoms with Crippen molar-refractivity contribution in [3.05, 3.63) is 29.8 Å². The molecule has 0 atom stereocenters. The summed E-state index contributed by atoms with van der Waals surface area (Å²) >= 11 is 1.44. The summed E-state index contributed by atoms with van der Waals surface area (Å²) in [5.41, 5.74) is 0.375. The maximum atomic E-state index is 10.6. The molecule has 12 heavy (non-hydrogen) atoms. The van der Waals surface area contributed by atoms with Crippen LogP contribution in [0, 0.1) is 0 Å². The van der Waals surface area contributed by atoms with Gasteiger partial charge in [-0.3, -0.25) is 0 Å². The third-order valence-corrected chi connectivity index (χ3v) is 2.13. The molecule has 0 amide bonds. The van der Waals surface area contributed by atoms with Crippen LogP contribution in [0.3, 0.4) is 0 Å². The quantitative estimate of drug-likeness (QED) is 0.569. The number of carboxylic acids is 1. The van der Waals surface area contributed by atoms with Gasteiger partial charge in [0.1, 0.15) is 0 Å². The second-order valence-electron chi connectivity index (χ2n) is 2.01. The molecule has 0 aromatic heterocycles. The van der Waals surface area contributed by atoms with E-state index in [9.17, 15) is 4.79 Å². The third-order valence-electron chi connectivity index (χ3n) is 1.34. The Morgan fingerprint density at radius 3 is 2.42 bits per heavy atom. The number of aromatic carboxylic acids is 1. The first-order valence-corrected chi connectivity index (χ1v) is 4.34. The average molecular weight is 192 g/mol. The van der Waals surface area contributed by atoms with Crippen molar-refractivity contribution in [1.29, 1.82) is 0 Å². The van der Waals surface area contributed by atoms with Crippen molar-refractivity contribution >= 4 is 47.3 Å². The van der Waals surface area contributed by atoms with Crippen LogP contribution in [0.1, 0.15) is 10.4 Å². The van der Waals surface area contributed by atoms with Crippen LogP contribution in [-0.4, -0.2) is 46.9 Å². The van der Waals surface area contributed by atoms with E-state index in [1.807, 2.05) is 12.3 Å². The topological polar surface area (TPSA) is 37.3 Å². The molecule has 0 heterocycles. The van der Waals surface area contributed by atoms with Gasteiger partial charge in [0.2, 0.25) is 0 Å². The van der Waals surface area contributed by atoms with Gasteiger partial charge in [0.05, 0.1) is 5.56 Å². The van der Waals surface area contributed by atoms with Crippen LogP contribution in [0.25, 0.3) is 0 Å². The van der Waals surface area contributed by atoms with Gasteiger partial charge in [0.15, 0.2) is 0 Å². The molecule has 0 fully saturated rings. The minimum absolute atomic E-state index is 0. The van der Waals surface area contributed by atoms with E-state index in [1.54, 1.807) is 18.2 Å². The molecule has 0 aliphatic heterocycles. The monoisotopic (exact) mass is 192 g/mol. The van der Waals surface area contributed by atoms with Gasteiger partial charge in [-0.05, 0) is 18.4 Å². The van der Waals surface area contributed by atoms with E-state index in [0.29, 0.717) is 5.56 Å². The predicted octanol–water partition coefficient (Wildman–Crippen LogP) is 1.46. The van der Waals surface area contributed by atoms with Crippen LogP contribution in [0.15, 0.2) is 29.2 Å². The minimum atomic E-state index is -0.866. The first-order chi connectivity index (χ1) is 5.25. The zero-order chi connectivity index (χ0) is 8.27. The molecule has 1 aromatic rings. The molecule has 0 spiro atoms. The summed E-state index contributed by atoms with van der Waals surface area (Å²) in [6.07, 6.45) is 1.86. The maximum absolute atomic E-state index is 10.6. The van der Waals surface area contributed by atoms with Crippen molar-refractivity contribution in [2.45, 2.75) is 4.90 Å². The normalized spacial score (nSPS) is 8.75. The van der Waals surface area contributed by atoms with E-state index in [2.05, 4.69) is 0 Å². The van der Waals surface area contributed by atoms with E-state index < -0.39 is 5.97 Å². The number of carbonyl (C=O) groups is 1. The molecule has 2 nitrogen and oxygen atoms in total. The first kappa shape index (κ1) is 12.0. The predicted molar refractivity (Wildman–Crippen MR) is 52.3 cm³/mol. The van der Waals surface area contributed by atoms with Crippen LogP contribution in [0.5, 0.6) is 0 Å². The number of hydrogen-bond donors (Lipinski definition) is 1. The van der Waals surface area contributed by atoms with Gasteiger partial charge in [-0.25, -0.2) is 4.79 Å². The van der Waals surface area contributed by atoms with Gasteiger partial charge in [0, 0.05) is 4.90 Å². The van der Waals surface area contributed by atoms with Gasteiger partial charge in [-0.2, -0.15) is 0 Å². The van der Waals surface area contributed by atoms with Crippen LogP contribution < -0.4 is 0 Å². The zero-order valence-electron chi connectivity index (χ0n) is 6.07. The summed E-state index contributed by atoms with van der Waals surface area (Å²) in [6.45, 7) is 0. The van der Waals surface area contributed by atoms with Gasteiger partial charge < -0.3 is 5.11 Å². The first-order valence-electron chi connectivity index (χ1n) is 3.12. The van der Waals surface area contributed by atoms with Gasteiger partial charge in [-0.1, -0.05) is 12.1 Å². The molecule has 0 unspecified atom stereocenters. The summed E-state index contributed by atoms with van der Waals surface area (Å²) in [5.74, 6) is -0.866. The summed E-state index contributed by atoms with van der Waals surface area (Å²) in [7, 11) is 0. The Hall–Kier alpha value is 0.0400. The average Bonchev–Trinajstić information content (AvgIpc) is 2.04. The van der Waals surface area contributed by atoms with Gasteiger partial charge in [-0.15, -0.1) is 11.8 Å². The Bertz CT molecular complexity index is 276. The fourth-order valence-electron chi connectivity index (χ4n) is 0.821. The van der Waals surface area contributed by atoms with Crippen LogP contribution >= 0.6 is 11.8 Å². The zero-order valence-corrected chi connectivity index (χ0v) is 6.89. The van der Waals surface area contributed by atoms with E-state index in [1.165, 1.54) is 11.8 Å². The second kappa shape index (κ2) is 5.65. The molecule has 1 rings (SSSR count).